The molecule has 0 saturated heterocycles. The monoisotopic (exact) mass is 840 g/mol. The summed E-state index contributed by atoms with van der Waals surface area (Å²) in [4.78, 5) is 2.39. The highest BCUT2D eigenvalue weighted by molar-refractivity contribution is 6.25. The maximum Gasteiger partial charge on any atom is 0.0547 e. The SMILES string of the molecule is c1ccc(-c2ccc(-c3ccc(N(c4ccc(-c5ccc(-c6ccccc6)cc5)cc4)c4cccc(-c5cccc6c5c5c7ccccc7ccc5n6-c5ccccc5)c4)cc3)cc2)cc1. The maximum absolute atomic E-state index is 2.42. The lowest BCUT2D eigenvalue weighted by atomic mass is 9.96. The van der Waals surface area contributed by atoms with E-state index in [2.05, 4.69) is 276 Å². The first-order valence-electron chi connectivity index (χ1n) is 22.7. The molecule has 0 unspecified atom stereocenters. The van der Waals surface area contributed by atoms with Crippen LogP contribution in [-0.2, 0) is 0 Å². The summed E-state index contributed by atoms with van der Waals surface area (Å²) in [6.07, 6.45) is 0. The summed E-state index contributed by atoms with van der Waals surface area (Å²) in [7, 11) is 0. The highest BCUT2D eigenvalue weighted by Crippen LogP contribution is 2.44. The van der Waals surface area contributed by atoms with Crippen LogP contribution in [0.15, 0.2) is 267 Å². The topological polar surface area (TPSA) is 8.17 Å². The first kappa shape index (κ1) is 38.9. The van der Waals surface area contributed by atoms with Crippen molar-refractivity contribution in [2.45, 2.75) is 0 Å². The average molecular weight is 841 g/mol. The molecule has 2 nitrogen and oxygen atoms in total. The minimum atomic E-state index is 1.08. The van der Waals surface area contributed by atoms with Gasteiger partial charge in [-0.3, -0.25) is 0 Å². The number of rotatable bonds is 9. The molecule has 0 amide bonds. The van der Waals surface area contributed by atoms with Gasteiger partial charge in [0.15, 0.2) is 0 Å². The third-order valence-electron chi connectivity index (χ3n) is 13.0. The Kier molecular flexibility index (Phi) is 9.89. The van der Waals surface area contributed by atoms with Crippen LogP contribution in [-0.4, -0.2) is 4.57 Å². The molecule has 11 aromatic carbocycles. The van der Waals surface area contributed by atoms with Gasteiger partial charge in [-0.1, -0.05) is 206 Å². The normalized spacial score (nSPS) is 11.3. The summed E-state index contributed by atoms with van der Waals surface area (Å²) in [6, 6.07) is 96.8. The van der Waals surface area contributed by atoms with Gasteiger partial charge in [-0.15, -0.1) is 0 Å². The quantitative estimate of drug-likeness (QED) is 0.141. The summed E-state index contributed by atoms with van der Waals surface area (Å²) >= 11 is 0. The summed E-state index contributed by atoms with van der Waals surface area (Å²) in [5.41, 5.74) is 18.8. The van der Waals surface area contributed by atoms with Crippen molar-refractivity contribution >= 4 is 49.6 Å². The van der Waals surface area contributed by atoms with Crippen molar-refractivity contribution in [1.29, 1.82) is 0 Å². The van der Waals surface area contributed by atoms with E-state index >= 15 is 0 Å². The Morgan fingerprint density at radius 3 is 1.23 bits per heavy atom. The van der Waals surface area contributed by atoms with Crippen molar-refractivity contribution in [3.8, 4) is 61.3 Å². The second-order valence-corrected chi connectivity index (χ2v) is 16.9. The fraction of sp³-hybridized carbons (Fsp3) is 0. The van der Waals surface area contributed by atoms with Crippen LogP contribution >= 0.6 is 0 Å². The molecule has 1 aromatic heterocycles. The fourth-order valence-corrected chi connectivity index (χ4v) is 9.76. The van der Waals surface area contributed by atoms with Crippen molar-refractivity contribution in [2.75, 3.05) is 4.90 Å². The van der Waals surface area contributed by atoms with E-state index in [9.17, 15) is 0 Å². The smallest absolute Gasteiger partial charge is 0.0547 e. The van der Waals surface area contributed by atoms with E-state index in [0.29, 0.717) is 0 Å². The molecule has 0 N–H and O–H groups in total. The van der Waals surface area contributed by atoms with Crippen molar-refractivity contribution < 1.29 is 0 Å². The van der Waals surface area contributed by atoms with Gasteiger partial charge < -0.3 is 9.47 Å². The van der Waals surface area contributed by atoms with Gasteiger partial charge in [0.25, 0.3) is 0 Å². The van der Waals surface area contributed by atoms with Gasteiger partial charge in [0.2, 0.25) is 0 Å². The molecule has 66 heavy (non-hydrogen) atoms. The van der Waals surface area contributed by atoms with E-state index in [1.165, 1.54) is 82.6 Å². The molecule has 0 spiro atoms. The molecule has 0 atom stereocenters. The van der Waals surface area contributed by atoms with Gasteiger partial charge in [-0.2, -0.15) is 0 Å². The summed E-state index contributed by atoms with van der Waals surface area (Å²) in [6.45, 7) is 0. The predicted molar refractivity (Wildman–Crippen MR) is 280 cm³/mol. The molecule has 12 rings (SSSR count). The summed E-state index contributed by atoms with van der Waals surface area (Å²) in [5.74, 6) is 0. The Morgan fingerprint density at radius 2 is 0.682 bits per heavy atom. The second-order valence-electron chi connectivity index (χ2n) is 16.9. The van der Waals surface area contributed by atoms with Gasteiger partial charge in [0, 0.05) is 33.5 Å². The van der Waals surface area contributed by atoms with E-state index in [0.717, 1.165) is 28.3 Å². The Balaban J connectivity index is 0.972. The standard InChI is InChI=1S/C64H44N2/c1-4-14-45(15-5-1)47-26-30-49(31-27-47)51-34-39-56(40-35-51)65(57-41-36-52(37-42-57)50-32-28-48(29-33-50)46-16-6-2-7-17-46)58-22-12-19-54(44-58)60-24-13-25-61-64(60)63-59-23-11-10-18-53(59)38-43-62(63)66(61)55-20-8-3-9-21-55/h1-44H. The minimum Gasteiger partial charge on any atom is -0.310 e. The lowest BCUT2D eigenvalue weighted by Crippen LogP contribution is -2.10. The molecule has 12 aromatic rings. The van der Waals surface area contributed by atoms with Crippen LogP contribution in [0.5, 0.6) is 0 Å². The average Bonchev–Trinajstić information content (AvgIpc) is 3.75. The van der Waals surface area contributed by atoms with Crippen molar-refractivity contribution in [3.63, 3.8) is 0 Å². The fourth-order valence-electron chi connectivity index (χ4n) is 9.76. The number of benzene rings is 11. The first-order chi connectivity index (χ1) is 32.7. The zero-order chi connectivity index (χ0) is 43.8. The summed E-state index contributed by atoms with van der Waals surface area (Å²) < 4.78 is 2.42. The van der Waals surface area contributed by atoms with Gasteiger partial charge >= 0.3 is 0 Å². The van der Waals surface area contributed by atoms with E-state index in [1.54, 1.807) is 0 Å². The largest absolute Gasteiger partial charge is 0.310 e. The molecule has 0 bridgehead atoms. The molecular formula is C64H44N2. The van der Waals surface area contributed by atoms with Gasteiger partial charge in [0.05, 0.1) is 11.0 Å². The Bertz CT molecular complexity index is 3500. The van der Waals surface area contributed by atoms with E-state index in [1.807, 2.05) is 0 Å². The van der Waals surface area contributed by atoms with Crippen LogP contribution in [0.1, 0.15) is 0 Å². The third-order valence-corrected chi connectivity index (χ3v) is 13.0. The predicted octanol–water partition coefficient (Wildman–Crippen LogP) is 17.7. The molecule has 0 aliphatic heterocycles. The highest BCUT2D eigenvalue weighted by Gasteiger charge is 2.20. The number of para-hydroxylation sites is 1. The highest BCUT2D eigenvalue weighted by atomic mass is 15.1. The number of anilines is 3. The first-order valence-corrected chi connectivity index (χ1v) is 22.7. The molecule has 0 saturated carbocycles. The number of aromatic nitrogens is 1. The maximum atomic E-state index is 2.42. The van der Waals surface area contributed by atoms with Crippen molar-refractivity contribution in [1.82, 2.24) is 4.57 Å². The molecule has 0 aliphatic carbocycles. The van der Waals surface area contributed by atoms with Crippen LogP contribution in [0.4, 0.5) is 17.1 Å². The number of fused-ring (bicyclic) bond motifs is 5. The molecule has 2 heteroatoms. The Labute approximate surface area is 385 Å². The molecule has 310 valence electrons. The van der Waals surface area contributed by atoms with Crippen LogP contribution in [0.3, 0.4) is 0 Å². The minimum absolute atomic E-state index is 1.08. The van der Waals surface area contributed by atoms with E-state index < -0.39 is 0 Å². The molecule has 0 aliphatic rings. The Morgan fingerprint density at radius 1 is 0.258 bits per heavy atom. The van der Waals surface area contributed by atoms with Gasteiger partial charge in [-0.05, 0) is 127 Å². The van der Waals surface area contributed by atoms with E-state index in [-0.39, 0.29) is 0 Å². The van der Waals surface area contributed by atoms with Crippen molar-refractivity contribution in [3.05, 3.63) is 267 Å². The van der Waals surface area contributed by atoms with Crippen molar-refractivity contribution in [2.24, 2.45) is 0 Å². The molecular weight excluding hydrogens is 797 g/mol. The third kappa shape index (κ3) is 7.12. The van der Waals surface area contributed by atoms with Crippen LogP contribution < -0.4 is 4.90 Å². The molecule has 0 radical (unpaired) electrons. The zero-order valence-electron chi connectivity index (χ0n) is 36.3. The number of hydrogen-bond acceptors (Lipinski definition) is 1. The molecule has 0 fully saturated rings. The Hall–Kier alpha value is -8.72. The number of nitrogens with zero attached hydrogens (tertiary/aromatic N) is 2. The van der Waals surface area contributed by atoms with E-state index in [4.69, 9.17) is 0 Å². The van der Waals surface area contributed by atoms with Crippen LogP contribution in [0.25, 0.3) is 93.9 Å². The van der Waals surface area contributed by atoms with Gasteiger partial charge in [-0.25, -0.2) is 0 Å². The number of hydrogen-bond donors (Lipinski definition) is 0. The molecule has 1 heterocycles. The van der Waals surface area contributed by atoms with Gasteiger partial charge in [0.1, 0.15) is 0 Å². The lowest BCUT2D eigenvalue weighted by molar-refractivity contribution is 1.18. The summed E-state index contributed by atoms with van der Waals surface area (Å²) in [5, 5.41) is 5.01. The zero-order valence-corrected chi connectivity index (χ0v) is 36.3. The van der Waals surface area contributed by atoms with Crippen LogP contribution in [0, 0.1) is 0 Å². The second kappa shape index (κ2) is 16.8. The lowest BCUT2D eigenvalue weighted by Gasteiger charge is -2.26. The van der Waals surface area contributed by atoms with Crippen LogP contribution in [0.2, 0.25) is 0 Å².